The van der Waals surface area contributed by atoms with E-state index in [-0.39, 0.29) is 6.03 Å². The Morgan fingerprint density at radius 3 is 2.79 bits per heavy atom. The van der Waals surface area contributed by atoms with Gasteiger partial charge in [0, 0.05) is 12.7 Å². The predicted molar refractivity (Wildman–Crippen MR) is 88.5 cm³/mol. The van der Waals surface area contributed by atoms with Gasteiger partial charge < -0.3 is 5.32 Å². The standard InChI is InChI=1S/C17H17N5O2/c23-17(19-9-11-4-6-14-15(8-11)22-24-21-14)20-16-7-5-13(10-18-16)12-2-1-3-12/h4-8,10,12H,1-3,9H2,(H2,18,19,20,23). The SMILES string of the molecule is O=C(NCc1ccc2nonc2c1)Nc1ccc(C2CCC2)cn1. The van der Waals surface area contributed by atoms with E-state index in [1.165, 1.54) is 24.8 Å². The second-order valence-electron chi connectivity index (χ2n) is 6.00. The first-order valence-electron chi connectivity index (χ1n) is 8.00. The number of carbonyl (C=O) groups excluding carboxylic acids is 1. The van der Waals surface area contributed by atoms with Crippen LogP contribution in [-0.4, -0.2) is 21.3 Å². The van der Waals surface area contributed by atoms with E-state index in [4.69, 9.17) is 0 Å². The van der Waals surface area contributed by atoms with Crippen molar-refractivity contribution in [3.8, 4) is 0 Å². The largest absolute Gasteiger partial charge is 0.334 e. The lowest BCUT2D eigenvalue weighted by atomic mass is 9.81. The van der Waals surface area contributed by atoms with Gasteiger partial charge in [0.2, 0.25) is 0 Å². The normalized spacial score (nSPS) is 14.3. The van der Waals surface area contributed by atoms with Gasteiger partial charge in [-0.15, -0.1) is 0 Å². The molecule has 122 valence electrons. The van der Waals surface area contributed by atoms with E-state index in [2.05, 4.69) is 30.6 Å². The molecule has 7 heteroatoms. The lowest BCUT2D eigenvalue weighted by Crippen LogP contribution is -2.28. The molecule has 2 amide bonds. The van der Waals surface area contributed by atoms with Gasteiger partial charge in [0.05, 0.1) is 0 Å². The molecule has 1 saturated carbocycles. The molecule has 1 aliphatic rings. The Balaban J connectivity index is 1.32. The van der Waals surface area contributed by atoms with E-state index >= 15 is 0 Å². The van der Waals surface area contributed by atoms with Crippen molar-refractivity contribution in [1.82, 2.24) is 20.6 Å². The maximum atomic E-state index is 12.0. The van der Waals surface area contributed by atoms with E-state index in [0.29, 0.717) is 29.3 Å². The molecule has 0 unspecified atom stereocenters. The van der Waals surface area contributed by atoms with Crippen molar-refractivity contribution in [2.75, 3.05) is 5.32 Å². The van der Waals surface area contributed by atoms with E-state index in [0.717, 1.165) is 5.56 Å². The predicted octanol–water partition coefficient (Wildman–Crippen LogP) is 3.21. The fraction of sp³-hybridized carbons (Fsp3) is 0.294. The molecule has 0 saturated heterocycles. The van der Waals surface area contributed by atoms with Crippen LogP contribution in [-0.2, 0) is 6.54 Å². The summed E-state index contributed by atoms with van der Waals surface area (Å²) in [6.07, 6.45) is 5.62. The van der Waals surface area contributed by atoms with Gasteiger partial charge in [-0.1, -0.05) is 18.6 Å². The average Bonchev–Trinajstić information content (AvgIpc) is 3.01. The van der Waals surface area contributed by atoms with E-state index < -0.39 is 0 Å². The quantitative estimate of drug-likeness (QED) is 0.769. The van der Waals surface area contributed by atoms with E-state index in [9.17, 15) is 4.79 Å². The molecule has 2 aromatic heterocycles. The van der Waals surface area contributed by atoms with Crippen LogP contribution in [0.5, 0.6) is 0 Å². The first-order valence-corrected chi connectivity index (χ1v) is 8.00. The van der Waals surface area contributed by atoms with Gasteiger partial charge in [0.25, 0.3) is 0 Å². The zero-order chi connectivity index (χ0) is 16.4. The molecule has 0 atom stereocenters. The lowest BCUT2D eigenvalue weighted by molar-refractivity contribution is 0.251. The van der Waals surface area contributed by atoms with Crippen LogP contribution in [0.1, 0.15) is 36.3 Å². The number of aromatic nitrogens is 3. The molecule has 2 heterocycles. The van der Waals surface area contributed by atoms with Crippen molar-refractivity contribution in [2.24, 2.45) is 0 Å². The highest BCUT2D eigenvalue weighted by Gasteiger charge is 2.19. The maximum absolute atomic E-state index is 12.0. The number of nitrogens with zero attached hydrogens (tertiary/aromatic N) is 3. The molecule has 4 rings (SSSR count). The summed E-state index contributed by atoms with van der Waals surface area (Å²) in [6, 6.07) is 9.10. The van der Waals surface area contributed by atoms with Gasteiger partial charge in [-0.05, 0) is 58.4 Å². The van der Waals surface area contributed by atoms with Crippen LogP contribution >= 0.6 is 0 Å². The van der Waals surface area contributed by atoms with Crippen molar-refractivity contribution in [1.29, 1.82) is 0 Å². The summed E-state index contributed by atoms with van der Waals surface area (Å²) in [5.74, 6) is 1.19. The van der Waals surface area contributed by atoms with Crippen molar-refractivity contribution >= 4 is 22.9 Å². The Kier molecular flexibility index (Phi) is 3.82. The number of hydrogen-bond donors (Lipinski definition) is 2. The summed E-state index contributed by atoms with van der Waals surface area (Å²) in [5.41, 5.74) is 3.53. The molecule has 1 aliphatic carbocycles. The van der Waals surface area contributed by atoms with Gasteiger partial charge in [0.1, 0.15) is 16.9 Å². The van der Waals surface area contributed by atoms with Crippen molar-refractivity contribution in [2.45, 2.75) is 31.7 Å². The molecular weight excluding hydrogens is 306 g/mol. The molecule has 0 radical (unpaired) electrons. The molecular formula is C17H17N5O2. The highest BCUT2D eigenvalue weighted by molar-refractivity contribution is 5.88. The summed E-state index contributed by atoms with van der Waals surface area (Å²) < 4.78 is 4.66. The van der Waals surface area contributed by atoms with E-state index in [1.807, 2.05) is 36.5 Å². The molecule has 2 N–H and O–H groups in total. The average molecular weight is 323 g/mol. The summed E-state index contributed by atoms with van der Waals surface area (Å²) in [6.45, 7) is 0.384. The minimum absolute atomic E-state index is 0.294. The number of urea groups is 1. The number of hydrogen-bond acceptors (Lipinski definition) is 5. The third-order valence-corrected chi connectivity index (χ3v) is 4.38. The monoisotopic (exact) mass is 323 g/mol. The van der Waals surface area contributed by atoms with Crippen LogP contribution in [0.4, 0.5) is 10.6 Å². The summed E-state index contributed by atoms with van der Waals surface area (Å²) in [5, 5.41) is 13.1. The second-order valence-corrected chi connectivity index (χ2v) is 6.00. The minimum atomic E-state index is -0.294. The number of anilines is 1. The number of rotatable bonds is 4. The van der Waals surface area contributed by atoms with Crippen LogP contribution in [0.2, 0.25) is 0 Å². The minimum Gasteiger partial charge on any atom is -0.334 e. The van der Waals surface area contributed by atoms with E-state index in [1.54, 1.807) is 0 Å². The fourth-order valence-corrected chi connectivity index (χ4v) is 2.74. The van der Waals surface area contributed by atoms with Gasteiger partial charge in [0.15, 0.2) is 0 Å². The molecule has 0 bridgehead atoms. The zero-order valence-corrected chi connectivity index (χ0v) is 13.0. The molecule has 0 aliphatic heterocycles. The highest BCUT2D eigenvalue weighted by Crippen LogP contribution is 2.35. The smallest absolute Gasteiger partial charge is 0.320 e. The first kappa shape index (κ1) is 14.6. The van der Waals surface area contributed by atoms with Crippen LogP contribution < -0.4 is 10.6 Å². The molecule has 0 spiro atoms. The zero-order valence-electron chi connectivity index (χ0n) is 13.0. The molecule has 3 aromatic rings. The fourth-order valence-electron chi connectivity index (χ4n) is 2.74. The lowest BCUT2D eigenvalue weighted by Gasteiger charge is -2.25. The highest BCUT2D eigenvalue weighted by atomic mass is 16.6. The number of carbonyl (C=O) groups is 1. The van der Waals surface area contributed by atoms with Crippen LogP contribution in [0, 0.1) is 0 Å². The maximum Gasteiger partial charge on any atom is 0.320 e. The Labute approximate surface area is 138 Å². The number of benzene rings is 1. The van der Waals surface area contributed by atoms with Crippen LogP contribution in [0.15, 0.2) is 41.2 Å². The topological polar surface area (TPSA) is 92.9 Å². The second kappa shape index (κ2) is 6.27. The summed E-state index contributed by atoms with van der Waals surface area (Å²) in [7, 11) is 0. The summed E-state index contributed by atoms with van der Waals surface area (Å²) >= 11 is 0. The number of fused-ring (bicyclic) bond motifs is 1. The van der Waals surface area contributed by atoms with Crippen LogP contribution in [0.25, 0.3) is 11.0 Å². The Bertz CT molecular complexity index is 855. The van der Waals surface area contributed by atoms with Crippen LogP contribution in [0.3, 0.4) is 0 Å². The summed E-state index contributed by atoms with van der Waals surface area (Å²) in [4.78, 5) is 16.3. The first-order chi connectivity index (χ1) is 11.8. The Hall–Kier alpha value is -2.96. The molecule has 1 fully saturated rings. The third kappa shape index (κ3) is 3.05. The number of pyridine rings is 1. The number of nitrogens with one attached hydrogen (secondary N) is 2. The Morgan fingerprint density at radius 1 is 1.17 bits per heavy atom. The molecule has 24 heavy (non-hydrogen) atoms. The van der Waals surface area contributed by atoms with Crippen molar-refractivity contribution in [3.63, 3.8) is 0 Å². The molecule has 7 nitrogen and oxygen atoms in total. The van der Waals surface area contributed by atoms with Crippen molar-refractivity contribution in [3.05, 3.63) is 47.7 Å². The molecule has 1 aromatic carbocycles. The van der Waals surface area contributed by atoms with Gasteiger partial charge in [-0.3, -0.25) is 5.32 Å². The van der Waals surface area contributed by atoms with Gasteiger partial charge in [-0.25, -0.2) is 14.4 Å². The van der Waals surface area contributed by atoms with Gasteiger partial charge >= 0.3 is 6.03 Å². The third-order valence-electron chi connectivity index (χ3n) is 4.38. The van der Waals surface area contributed by atoms with Crippen molar-refractivity contribution < 1.29 is 9.42 Å². The van der Waals surface area contributed by atoms with Gasteiger partial charge in [-0.2, -0.15) is 0 Å². The Morgan fingerprint density at radius 2 is 2.04 bits per heavy atom. The number of amides is 2.